The summed E-state index contributed by atoms with van der Waals surface area (Å²) in [5, 5.41) is 0. The lowest BCUT2D eigenvalue weighted by Gasteiger charge is -2.10. The van der Waals surface area contributed by atoms with Gasteiger partial charge in [0.05, 0.1) is 0 Å². The fourth-order valence-corrected chi connectivity index (χ4v) is 2.83. The normalized spacial score (nSPS) is 14.8. The van der Waals surface area contributed by atoms with Crippen molar-refractivity contribution in [2.24, 2.45) is 0 Å². The number of aromatic nitrogens is 3. The highest BCUT2D eigenvalue weighted by Gasteiger charge is 2.16. The Hall–Kier alpha value is -1.49. The second kappa shape index (κ2) is 5.25. The van der Waals surface area contributed by atoms with Gasteiger partial charge in [0.1, 0.15) is 5.82 Å². The van der Waals surface area contributed by atoms with Crippen molar-refractivity contribution in [3.63, 3.8) is 0 Å². The van der Waals surface area contributed by atoms with Crippen LogP contribution in [0.4, 0.5) is 5.82 Å². The van der Waals surface area contributed by atoms with Crippen molar-refractivity contribution in [3.8, 4) is 11.4 Å². The van der Waals surface area contributed by atoms with Gasteiger partial charge in [-0.2, -0.15) is 0 Å². The Morgan fingerprint density at radius 3 is 2.74 bits per heavy atom. The zero-order valence-corrected chi connectivity index (χ0v) is 12.2. The highest BCUT2D eigenvalue weighted by Crippen LogP contribution is 2.26. The van der Waals surface area contributed by atoms with E-state index in [0.29, 0.717) is 11.6 Å². The molecule has 2 aromatic rings. The highest BCUT2D eigenvalue weighted by atomic mass is 79.9. The SMILES string of the molecule is Nc1nc(-c2cncc(Br)c2)nc2c1CCCCC2. The summed E-state index contributed by atoms with van der Waals surface area (Å²) in [6, 6.07) is 1.96. The average molecular weight is 319 g/mol. The molecule has 2 N–H and O–H groups in total. The second-order valence-electron chi connectivity index (χ2n) is 4.81. The van der Waals surface area contributed by atoms with Crippen molar-refractivity contribution in [1.29, 1.82) is 0 Å². The Kier molecular flexibility index (Phi) is 3.46. The van der Waals surface area contributed by atoms with Crippen LogP contribution < -0.4 is 5.73 Å². The van der Waals surface area contributed by atoms with Crippen molar-refractivity contribution in [2.75, 3.05) is 5.73 Å². The maximum atomic E-state index is 6.10. The number of nitrogens with zero attached hydrogens (tertiary/aromatic N) is 3. The second-order valence-corrected chi connectivity index (χ2v) is 5.73. The maximum Gasteiger partial charge on any atom is 0.163 e. The van der Waals surface area contributed by atoms with Crippen LogP contribution in [0.2, 0.25) is 0 Å². The van der Waals surface area contributed by atoms with E-state index >= 15 is 0 Å². The first-order chi connectivity index (χ1) is 9.24. The van der Waals surface area contributed by atoms with E-state index in [1.54, 1.807) is 12.4 Å². The molecule has 98 valence electrons. The summed E-state index contributed by atoms with van der Waals surface area (Å²) in [7, 11) is 0. The van der Waals surface area contributed by atoms with E-state index in [4.69, 9.17) is 10.7 Å². The molecule has 0 unspecified atom stereocenters. The van der Waals surface area contributed by atoms with Crippen LogP contribution in [-0.2, 0) is 12.8 Å². The number of nitrogen functional groups attached to an aromatic ring is 1. The van der Waals surface area contributed by atoms with Gasteiger partial charge in [-0.05, 0) is 47.7 Å². The third kappa shape index (κ3) is 2.61. The number of pyridine rings is 1. The van der Waals surface area contributed by atoms with Gasteiger partial charge in [0.15, 0.2) is 5.82 Å². The molecule has 0 amide bonds. The van der Waals surface area contributed by atoms with Crippen molar-refractivity contribution in [3.05, 3.63) is 34.2 Å². The highest BCUT2D eigenvalue weighted by molar-refractivity contribution is 9.10. The Labute approximate surface area is 120 Å². The fraction of sp³-hybridized carbons (Fsp3) is 0.357. The topological polar surface area (TPSA) is 64.7 Å². The van der Waals surface area contributed by atoms with Gasteiger partial charge in [-0.1, -0.05) is 6.42 Å². The molecule has 0 aromatic carbocycles. The summed E-state index contributed by atoms with van der Waals surface area (Å²) in [6.45, 7) is 0. The van der Waals surface area contributed by atoms with Crippen LogP contribution in [0.15, 0.2) is 22.9 Å². The minimum absolute atomic E-state index is 0.627. The van der Waals surface area contributed by atoms with E-state index < -0.39 is 0 Å². The Morgan fingerprint density at radius 1 is 1.05 bits per heavy atom. The Bertz CT molecular complexity index is 612. The molecule has 19 heavy (non-hydrogen) atoms. The van der Waals surface area contributed by atoms with Gasteiger partial charge in [0, 0.05) is 33.7 Å². The van der Waals surface area contributed by atoms with Gasteiger partial charge in [-0.15, -0.1) is 0 Å². The van der Waals surface area contributed by atoms with E-state index in [1.165, 1.54) is 19.3 Å². The molecule has 1 aliphatic carbocycles. The van der Waals surface area contributed by atoms with Crippen LogP contribution in [-0.4, -0.2) is 15.0 Å². The molecule has 0 aliphatic heterocycles. The molecule has 3 rings (SSSR count). The molecule has 2 heterocycles. The molecule has 1 aliphatic rings. The van der Waals surface area contributed by atoms with Crippen LogP contribution in [0.25, 0.3) is 11.4 Å². The summed E-state index contributed by atoms with van der Waals surface area (Å²) in [4.78, 5) is 13.3. The first-order valence-electron chi connectivity index (χ1n) is 6.50. The van der Waals surface area contributed by atoms with Crippen LogP contribution in [0, 0.1) is 0 Å². The minimum atomic E-state index is 0.627. The molecule has 0 saturated heterocycles. The van der Waals surface area contributed by atoms with Gasteiger partial charge in [0.25, 0.3) is 0 Å². The monoisotopic (exact) mass is 318 g/mol. The number of aryl methyl sites for hydroxylation is 1. The summed E-state index contributed by atoms with van der Waals surface area (Å²) < 4.78 is 0.919. The van der Waals surface area contributed by atoms with Crippen LogP contribution in [0.5, 0.6) is 0 Å². The van der Waals surface area contributed by atoms with Gasteiger partial charge >= 0.3 is 0 Å². The van der Waals surface area contributed by atoms with Gasteiger partial charge in [-0.3, -0.25) is 4.98 Å². The number of halogens is 1. The molecule has 0 spiro atoms. The molecule has 5 heteroatoms. The molecule has 0 saturated carbocycles. The smallest absolute Gasteiger partial charge is 0.163 e. The molecular weight excluding hydrogens is 304 g/mol. The largest absolute Gasteiger partial charge is 0.383 e. The number of fused-ring (bicyclic) bond motifs is 1. The minimum Gasteiger partial charge on any atom is -0.383 e. The lowest BCUT2D eigenvalue weighted by atomic mass is 10.1. The van der Waals surface area contributed by atoms with Crippen molar-refractivity contribution in [1.82, 2.24) is 15.0 Å². The number of hydrogen-bond acceptors (Lipinski definition) is 4. The summed E-state index contributed by atoms with van der Waals surface area (Å²) in [5.74, 6) is 1.30. The van der Waals surface area contributed by atoms with E-state index in [0.717, 1.165) is 34.1 Å². The summed E-state index contributed by atoms with van der Waals surface area (Å²) in [5.41, 5.74) is 9.25. The van der Waals surface area contributed by atoms with E-state index in [2.05, 4.69) is 25.9 Å². The summed E-state index contributed by atoms with van der Waals surface area (Å²) in [6.07, 6.45) is 9.11. The van der Waals surface area contributed by atoms with Gasteiger partial charge in [-0.25, -0.2) is 9.97 Å². The molecule has 0 radical (unpaired) electrons. The third-order valence-electron chi connectivity index (χ3n) is 3.43. The van der Waals surface area contributed by atoms with Crippen molar-refractivity contribution >= 4 is 21.7 Å². The first kappa shape index (κ1) is 12.5. The van der Waals surface area contributed by atoms with Crippen molar-refractivity contribution in [2.45, 2.75) is 32.1 Å². The summed E-state index contributed by atoms with van der Waals surface area (Å²) >= 11 is 3.42. The van der Waals surface area contributed by atoms with Gasteiger partial charge in [0.2, 0.25) is 0 Å². The molecule has 0 bridgehead atoms. The van der Waals surface area contributed by atoms with Crippen LogP contribution in [0.1, 0.15) is 30.5 Å². The number of nitrogens with two attached hydrogens (primary N) is 1. The molecule has 0 atom stereocenters. The van der Waals surface area contributed by atoms with E-state index in [9.17, 15) is 0 Å². The van der Waals surface area contributed by atoms with E-state index in [-0.39, 0.29) is 0 Å². The average Bonchev–Trinajstić information content (AvgIpc) is 2.64. The number of rotatable bonds is 1. The standard InChI is InChI=1S/C14H15BrN4/c15-10-6-9(7-17-8-10)14-18-12-5-3-1-2-4-11(12)13(16)19-14/h6-8H,1-5H2,(H2,16,18,19). The van der Waals surface area contributed by atoms with Crippen LogP contribution >= 0.6 is 15.9 Å². The lowest BCUT2D eigenvalue weighted by Crippen LogP contribution is -2.06. The van der Waals surface area contributed by atoms with Crippen LogP contribution in [0.3, 0.4) is 0 Å². The predicted octanol–water partition coefficient (Wildman–Crippen LogP) is 3.15. The quantitative estimate of drug-likeness (QED) is 0.820. The molecular formula is C14H15BrN4. The maximum absolute atomic E-state index is 6.10. The van der Waals surface area contributed by atoms with E-state index in [1.807, 2.05) is 6.07 Å². The number of anilines is 1. The number of hydrogen-bond donors (Lipinski definition) is 1. The Balaban J connectivity index is 2.09. The lowest BCUT2D eigenvalue weighted by molar-refractivity contribution is 0.709. The molecule has 4 nitrogen and oxygen atoms in total. The first-order valence-corrected chi connectivity index (χ1v) is 7.29. The molecule has 0 fully saturated rings. The Morgan fingerprint density at radius 2 is 1.89 bits per heavy atom. The van der Waals surface area contributed by atoms with Crippen molar-refractivity contribution < 1.29 is 0 Å². The fourth-order valence-electron chi connectivity index (χ4n) is 2.46. The zero-order chi connectivity index (χ0) is 13.2. The third-order valence-corrected chi connectivity index (χ3v) is 3.86. The molecule has 2 aromatic heterocycles. The zero-order valence-electron chi connectivity index (χ0n) is 10.6. The predicted molar refractivity (Wildman–Crippen MR) is 78.6 cm³/mol. The van der Waals surface area contributed by atoms with Gasteiger partial charge < -0.3 is 5.73 Å².